The van der Waals surface area contributed by atoms with E-state index >= 15 is 0 Å². The fourth-order valence-corrected chi connectivity index (χ4v) is 2.20. The number of aryl methyl sites for hydroxylation is 1. The highest BCUT2D eigenvalue weighted by Crippen LogP contribution is 2.17. The molecule has 1 aliphatic heterocycles. The van der Waals surface area contributed by atoms with Crippen molar-refractivity contribution < 1.29 is 0 Å². The highest BCUT2D eigenvalue weighted by Gasteiger charge is 2.16. The van der Waals surface area contributed by atoms with Gasteiger partial charge in [-0.3, -0.25) is 4.98 Å². The van der Waals surface area contributed by atoms with Gasteiger partial charge < -0.3 is 10.2 Å². The summed E-state index contributed by atoms with van der Waals surface area (Å²) >= 11 is 0. The Morgan fingerprint density at radius 2 is 2.47 bits per heavy atom. The van der Waals surface area contributed by atoms with Crippen LogP contribution in [0.3, 0.4) is 0 Å². The lowest BCUT2D eigenvalue weighted by Crippen LogP contribution is -2.35. The molecule has 15 heavy (non-hydrogen) atoms. The molecule has 2 heterocycles. The number of aromatic nitrogens is 1. The molecule has 0 amide bonds. The number of hydrogen-bond donors (Lipinski definition) is 1. The van der Waals surface area contributed by atoms with Gasteiger partial charge in [0.25, 0.3) is 0 Å². The van der Waals surface area contributed by atoms with Crippen molar-refractivity contribution in [3.05, 3.63) is 24.0 Å². The van der Waals surface area contributed by atoms with Gasteiger partial charge in [0, 0.05) is 25.8 Å². The third-order valence-corrected chi connectivity index (χ3v) is 3.08. The zero-order chi connectivity index (χ0) is 10.7. The Kier molecular flexibility index (Phi) is 3.21. The van der Waals surface area contributed by atoms with E-state index in [9.17, 15) is 0 Å². The number of pyridine rings is 1. The normalized spacial score (nSPS) is 20.5. The zero-order valence-electron chi connectivity index (χ0n) is 9.53. The zero-order valence-corrected chi connectivity index (χ0v) is 9.53. The molecule has 0 unspecified atom stereocenters. The fourth-order valence-electron chi connectivity index (χ4n) is 2.20. The predicted octanol–water partition coefficient (Wildman–Crippen LogP) is 1.58. The van der Waals surface area contributed by atoms with Crippen molar-refractivity contribution >= 4 is 5.69 Å². The van der Waals surface area contributed by atoms with Crippen molar-refractivity contribution in [1.82, 2.24) is 10.3 Å². The van der Waals surface area contributed by atoms with Crippen molar-refractivity contribution in [3.8, 4) is 0 Å². The van der Waals surface area contributed by atoms with Gasteiger partial charge in [0.15, 0.2) is 0 Å². The highest BCUT2D eigenvalue weighted by atomic mass is 15.1. The van der Waals surface area contributed by atoms with E-state index in [-0.39, 0.29) is 0 Å². The van der Waals surface area contributed by atoms with E-state index < -0.39 is 0 Å². The molecule has 2 rings (SSSR count). The average molecular weight is 205 g/mol. The van der Waals surface area contributed by atoms with Gasteiger partial charge in [0.05, 0.1) is 11.9 Å². The second kappa shape index (κ2) is 4.62. The molecule has 0 radical (unpaired) electrons. The average Bonchev–Trinajstić information content (AvgIpc) is 2.71. The van der Waals surface area contributed by atoms with Gasteiger partial charge in [-0.05, 0) is 37.9 Å². The summed E-state index contributed by atoms with van der Waals surface area (Å²) < 4.78 is 0. The predicted molar refractivity (Wildman–Crippen MR) is 63.3 cm³/mol. The number of nitrogens with zero attached hydrogens (tertiary/aromatic N) is 2. The fraction of sp³-hybridized carbons (Fsp3) is 0.583. The molecule has 0 spiro atoms. The number of likely N-dealkylation sites (N-methyl/N-ethyl adjacent to an activating group) is 1. The van der Waals surface area contributed by atoms with Crippen LogP contribution in [0.5, 0.6) is 0 Å². The Balaban J connectivity index is 2.00. The summed E-state index contributed by atoms with van der Waals surface area (Å²) in [7, 11) is 2.14. The lowest BCUT2D eigenvalue weighted by atomic mass is 10.2. The Bertz CT molecular complexity index is 318. The van der Waals surface area contributed by atoms with Gasteiger partial charge in [0.2, 0.25) is 0 Å². The van der Waals surface area contributed by atoms with Crippen LogP contribution < -0.4 is 10.2 Å². The lowest BCUT2D eigenvalue weighted by Gasteiger charge is -2.24. The summed E-state index contributed by atoms with van der Waals surface area (Å²) in [5.74, 6) is 0. The van der Waals surface area contributed by atoms with Crippen LogP contribution in [-0.2, 0) is 0 Å². The van der Waals surface area contributed by atoms with Crippen LogP contribution in [0.15, 0.2) is 18.5 Å². The van der Waals surface area contributed by atoms with Crippen LogP contribution in [0.25, 0.3) is 0 Å². The first-order valence-electron chi connectivity index (χ1n) is 5.62. The van der Waals surface area contributed by atoms with Gasteiger partial charge >= 0.3 is 0 Å². The van der Waals surface area contributed by atoms with E-state index in [0.717, 1.165) is 6.54 Å². The molecule has 1 aromatic heterocycles. The SMILES string of the molecule is Cc1ccncc1N(C)C[C@H]1CCCN1. The molecule has 0 aromatic carbocycles. The Morgan fingerprint density at radius 1 is 1.60 bits per heavy atom. The number of hydrogen-bond acceptors (Lipinski definition) is 3. The molecule has 0 bridgehead atoms. The van der Waals surface area contributed by atoms with Gasteiger partial charge in [-0.15, -0.1) is 0 Å². The van der Waals surface area contributed by atoms with E-state index in [2.05, 4.69) is 35.2 Å². The third kappa shape index (κ3) is 2.48. The molecule has 3 heteroatoms. The molecule has 1 fully saturated rings. The van der Waals surface area contributed by atoms with Gasteiger partial charge in [-0.2, -0.15) is 0 Å². The Labute approximate surface area is 91.5 Å². The van der Waals surface area contributed by atoms with Crippen LogP contribution in [0.4, 0.5) is 5.69 Å². The van der Waals surface area contributed by atoms with Crippen LogP contribution >= 0.6 is 0 Å². The molecule has 3 nitrogen and oxygen atoms in total. The molecular weight excluding hydrogens is 186 g/mol. The molecular formula is C12H19N3. The summed E-state index contributed by atoms with van der Waals surface area (Å²) in [6, 6.07) is 2.71. The first kappa shape index (κ1) is 10.4. The summed E-state index contributed by atoms with van der Waals surface area (Å²) in [6.07, 6.45) is 6.40. The highest BCUT2D eigenvalue weighted by molar-refractivity contribution is 5.50. The van der Waals surface area contributed by atoms with Gasteiger partial charge in [-0.25, -0.2) is 0 Å². The minimum absolute atomic E-state index is 0.648. The summed E-state index contributed by atoms with van der Waals surface area (Å²) in [5.41, 5.74) is 2.54. The minimum atomic E-state index is 0.648. The van der Waals surface area contributed by atoms with Crippen molar-refractivity contribution in [2.45, 2.75) is 25.8 Å². The monoisotopic (exact) mass is 205 g/mol. The number of nitrogens with one attached hydrogen (secondary N) is 1. The smallest absolute Gasteiger partial charge is 0.0580 e. The van der Waals surface area contributed by atoms with Crippen molar-refractivity contribution in [2.24, 2.45) is 0 Å². The lowest BCUT2D eigenvalue weighted by molar-refractivity contribution is 0.599. The van der Waals surface area contributed by atoms with Gasteiger partial charge in [-0.1, -0.05) is 0 Å². The molecule has 0 saturated carbocycles. The van der Waals surface area contributed by atoms with Crippen molar-refractivity contribution in [3.63, 3.8) is 0 Å². The first-order valence-corrected chi connectivity index (χ1v) is 5.62. The molecule has 0 aliphatic carbocycles. The molecule has 1 aliphatic rings. The Morgan fingerprint density at radius 3 is 3.13 bits per heavy atom. The summed E-state index contributed by atoms with van der Waals surface area (Å²) in [4.78, 5) is 6.48. The maximum absolute atomic E-state index is 4.18. The van der Waals surface area contributed by atoms with Crippen LogP contribution in [0, 0.1) is 6.92 Å². The Hall–Kier alpha value is -1.09. The molecule has 1 saturated heterocycles. The summed E-state index contributed by atoms with van der Waals surface area (Å²) in [5, 5.41) is 3.51. The second-order valence-electron chi connectivity index (χ2n) is 4.34. The maximum atomic E-state index is 4.18. The maximum Gasteiger partial charge on any atom is 0.0580 e. The molecule has 1 aromatic rings. The van der Waals surface area contributed by atoms with Gasteiger partial charge in [0.1, 0.15) is 0 Å². The number of rotatable bonds is 3. The largest absolute Gasteiger partial charge is 0.372 e. The standard InChI is InChI=1S/C12H19N3/c1-10-5-7-13-8-12(10)15(2)9-11-4-3-6-14-11/h5,7-8,11,14H,3-4,6,9H2,1-2H3/t11-/m1/s1. The topological polar surface area (TPSA) is 28.2 Å². The van der Waals surface area contributed by atoms with Crippen LogP contribution in [0.2, 0.25) is 0 Å². The van der Waals surface area contributed by atoms with E-state index in [0.29, 0.717) is 6.04 Å². The second-order valence-corrected chi connectivity index (χ2v) is 4.34. The van der Waals surface area contributed by atoms with E-state index in [4.69, 9.17) is 0 Å². The van der Waals surface area contributed by atoms with Crippen molar-refractivity contribution in [1.29, 1.82) is 0 Å². The van der Waals surface area contributed by atoms with Crippen LogP contribution in [-0.4, -0.2) is 31.2 Å². The minimum Gasteiger partial charge on any atom is -0.372 e. The third-order valence-electron chi connectivity index (χ3n) is 3.08. The molecule has 82 valence electrons. The van der Waals surface area contributed by atoms with E-state index in [1.165, 1.54) is 30.6 Å². The van der Waals surface area contributed by atoms with Crippen molar-refractivity contribution in [2.75, 3.05) is 25.0 Å². The molecule has 1 atom stereocenters. The van der Waals surface area contributed by atoms with E-state index in [1.54, 1.807) is 0 Å². The number of anilines is 1. The quantitative estimate of drug-likeness (QED) is 0.812. The first-order chi connectivity index (χ1) is 7.27. The molecule has 1 N–H and O–H groups in total. The van der Waals surface area contributed by atoms with E-state index in [1.807, 2.05) is 12.4 Å². The summed E-state index contributed by atoms with van der Waals surface area (Å²) in [6.45, 7) is 4.38. The van der Waals surface area contributed by atoms with Crippen LogP contribution in [0.1, 0.15) is 18.4 Å².